The third kappa shape index (κ3) is 4.46. The van der Waals surface area contributed by atoms with Crippen LogP contribution in [-0.2, 0) is 4.79 Å². The highest BCUT2D eigenvalue weighted by Gasteiger charge is 2.09. The van der Waals surface area contributed by atoms with Crippen molar-refractivity contribution >= 4 is 17.5 Å². The second-order valence-electron chi connectivity index (χ2n) is 5.05. The van der Waals surface area contributed by atoms with Gasteiger partial charge in [0.25, 0.3) is 0 Å². The average Bonchev–Trinajstić information content (AvgIpc) is 2.60. The molecule has 0 fully saturated rings. The monoisotopic (exact) mass is 325 g/mol. The van der Waals surface area contributed by atoms with E-state index in [1.165, 1.54) is 24.3 Å². The van der Waals surface area contributed by atoms with E-state index in [2.05, 4.69) is 6.58 Å². The van der Waals surface area contributed by atoms with E-state index >= 15 is 0 Å². The Hall–Kier alpha value is -3.08. The van der Waals surface area contributed by atoms with E-state index in [9.17, 15) is 14.7 Å². The Morgan fingerprint density at radius 2 is 1.50 bits per heavy atom. The molecule has 0 radical (unpaired) electrons. The van der Waals surface area contributed by atoms with Crippen LogP contribution in [-0.4, -0.2) is 18.5 Å². The average molecular weight is 325 g/mol. The molecule has 0 atom stereocenters. The molecule has 5 nitrogen and oxygen atoms in total. The Bertz CT molecular complexity index is 729. The highest BCUT2D eigenvalue weighted by Crippen LogP contribution is 2.19. The van der Waals surface area contributed by atoms with Crippen molar-refractivity contribution in [1.29, 1.82) is 0 Å². The molecular formula is C19H17O5-. The SMILES string of the molecule is C=C(C(=O)[O-])c1ccc(OC(=O)c2ccc(OCCC)cc2)cc1. The minimum Gasteiger partial charge on any atom is -0.545 e. The molecule has 0 heterocycles. The van der Waals surface area contributed by atoms with Crippen LogP contribution in [0, 0.1) is 0 Å². The van der Waals surface area contributed by atoms with Crippen molar-refractivity contribution in [3.63, 3.8) is 0 Å². The molecule has 0 spiro atoms. The van der Waals surface area contributed by atoms with Crippen LogP contribution in [0.15, 0.2) is 55.1 Å². The van der Waals surface area contributed by atoms with Gasteiger partial charge in [-0.3, -0.25) is 0 Å². The highest BCUT2D eigenvalue weighted by atomic mass is 16.5. The molecule has 0 aliphatic carbocycles. The smallest absolute Gasteiger partial charge is 0.343 e. The summed E-state index contributed by atoms with van der Waals surface area (Å²) in [4.78, 5) is 22.8. The predicted octanol–water partition coefficient (Wildman–Crippen LogP) is 2.46. The second-order valence-corrected chi connectivity index (χ2v) is 5.05. The van der Waals surface area contributed by atoms with E-state index in [1.54, 1.807) is 24.3 Å². The first kappa shape index (κ1) is 17.3. The Morgan fingerprint density at radius 3 is 2.04 bits per heavy atom. The molecule has 2 rings (SSSR count). The van der Waals surface area contributed by atoms with Crippen LogP contribution in [0.4, 0.5) is 0 Å². The van der Waals surface area contributed by atoms with Crippen LogP contribution in [0.1, 0.15) is 29.3 Å². The summed E-state index contributed by atoms with van der Waals surface area (Å²) in [5.74, 6) is -0.853. The normalized spacial score (nSPS) is 10.0. The van der Waals surface area contributed by atoms with E-state index in [0.29, 0.717) is 29.2 Å². The number of benzene rings is 2. The lowest BCUT2D eigenvalue weighted by Crippen LogP contribution is -2.22. The predicted molar refractivity (Wildman–Crippen MR) is 87.7 cm³/mol. The Kier molecular flexibility index (Phi) is 5.73. The van der Waals surface area contributed by atoms with Gasteiger partial charge in [-0.05, 0) is 54.0 Å². The molecule has 0 amide bonds. The van der Waals surface area contributed by atoms with Gasteiger partial charge in [0.2, 0.25) is 0 Å². The molecule has 2 aromatic rings. The molecule has 0 saturated heterocycles. The summed E-state index contributed by atoms with van der Waals surface area (Å²) in [7, 11) is 0. The molecule has 0 bridgehead atoms. The highest BCUT2D eigenvalue weighted by molar-refractivity contribution is 6.13. The van der Waals surface area contributed by atoms with Crippen molar-refractivity contribution in [3.05, 3.63) is 66.2 Å². The largest absolute Gasteiger partial charge is 0.545 e. The van der Waals surface area contributed by atoms with Gasteiger partial charge in [-0.2, -0.15) is 0 Å². The molecule has 124 valence electrons. The minimum atomic E-state index is -1.34. The van der Waals surface area contributed by atoms with E-state index in [1.807, 2.05) is 6.92 Å². The first-order valence-corrected chi connectivity index (χ1v) is 7.47. The van der Waals surface area contributed by atoms with Crippen molar-refractivity contribution in [2.24, 2.45) is 0 Å². The Labute approximate surface area is 140 Å². The maximum Gasteiger partial charge on any atom is 0.343 e. The van der Waals surface area contributed by atoms with Crippen molar-refractivity contribution in [2.45, 2.75) is 13.3 Å². The van der Waals surface area contributed by atoms with E-state index in [-0.39, 0.29) is 5.57 Å². The first-order valence-electron chi connectivity index (χ1n) is 7.47. The molecule has 0 unspecified atom stereocenters. The van der Waals surface area contributed by atoms with Crippen LogP contribution < -0.4 is 14.6 Å². The van der Waals surface area contributed by atoms with Crippen molar-refractivity contribution < 1.29 is 24.2 Å². The molecular weight excluding hydrogens is 308 g/mol. The number of carbonyl (C=O) groups is 2. The molecule has 0 saturated carbocycles. The number of carboxylic acid groups (broad SMARTS) is 1. The van der Waals surface area contributed by atoms with Crippen LogP contribution in [0.2, 0.25) is 0 Å². The lowest BCUT2D eigenvalue weighted by Gasteiger charge is -2.09. The second kappa shape index (κ2) is 7.97. The summed E-state index contributed by atoms with van der Waals surface area (Å²) in [6.45, 7) is 6.04. The van der Waals surface area contributed by atoms with Gasteiger partial charge in [0, 0.05) is 0 Å². The number of carboxylic acids is 1. The van der Waals surface area contributed by atoms with Gasteiger partial charge in [0.05, 0.1) is 18.1 Å². The molecule has 0 aromatic heterocycles. The van der Waals surface area contributed by atoms with Gasteiger partial charge in [-0.15, -0.1) is 0 Å². The number of hydrogen-bond donors (Lipinski definition) is 0. The third-order valence-electron chi connectivity index (χ3n) is 3.22. The van der Waals surface area contributed by atoms with Gasteiger partial charge in [0.1, 0.15) is 11.5 Å². The zero-order valence-electron chi connectivity index (χ0n) is 13.3. The van der Waals surface area contributed by atoms with Crippen molar-refractivity contribution in [3.8, 4) is 11.5 Å². The summed E-state index contributed by atoms with van der Waals surface area (Å²) in [5.41, 5.74) is 0.657. The molecule has 2 aromatic carbocycles. The van der Waals surface area contributed by atoms with E-state index in [0.717, 1.165) is 6.42 Å². The third-order valence-corrected chi connectivity index (χ3v) is 3.22. The lowest BCUT2D eigenvalue weighted by molar-refractivity contribution is -0.295. The number of aliphatic carboxylic acids is 1. The van der Waals surface area contributed by atoms with E-state index < -0.39 is 11.9 Å². The first-order chi connectivity index (χ1) is 11.5. The molecule has 24 heavy (non-hydrogen) atoms. The van der Waals surface area contributed by atoms with Crippen LogP contribution >= 0.6 is 0 Å². The summed E-state index contributed by atoms with van der Waals surface area (Å²) < 4.78 is 10.7. The van der Waals surface area contributed by atoms with Crippen LogP contribution in [0.5, 0.6) is 11.5 Å². The zero-order chi connectivity index (χ0) is 17.5. The molecule has 0 N–H and O–H groups in total. The number of esters is 1. The summed E-state index contributed by atoms with van der Waals surface area (Å²) >= 11 is 0. The molecule has 0 aliphatic rings. The number of rotatable bonds is 7. The maximum absolute atomic E-state index is 12.1. The Balaban J connectivity index is 2.01. The van der Waals surface area contributed by atoms with E-state index in [4.69, 9.17) is 9.47 Å². The van der Waals surface area contributed by atoms with Gasteiger partial charge >= 0.3 is 5.97 Å². The number of carbonyl (C=O) groups excluding carboxylic acids is 2. The maximum atomic E-state index is 12.1. The number of ether oxygens (including phenoxy) is 2. The fourth-order valence-corrected chi connectivity index (χ4v) is 1.92. The van der Waals surface area contributed by atoms with Gasteiger partial charge in [0.15, 0.2) is 0 Å². The fraction of sp³-hybridized carbons (Fsp3) is 0.158. The fourth-order valence-electron chi connectivity index (χ4n) is 1.92. The Morgan fingerprint density at radius 1 is 0.958 bits per heavy atom. The standard InChI is InChI=1S/C19H18O5/c1-3-12-23-16-8-6-15(7-9-16)19(22)24-17-10-4-14(5-11-17)13(2)18(20)21/h4-11H,2-3,12H2,1H3,(H,20,21)/p-1. The van der Waals surface area contributed by atoms with Crippen LogP contribution in [0.3, 0.4) is 0 Å². The van der Waals surface area contributed by atoms with Crippen molar-refractivity contribution in [2.75, 3.05) is 6.61 Å². The van der Waals surface area contributed by atoms with Crippen LogP contribution in [0.25, 0.3) is 5.57 Å². The summed E-state index contributed by atoms with van der Waals surface area (Å²) in [6.07, 6.45) is 0.907. The summed E-state index contributed by atoms with van der Waals surface area (Å²) in [5, 5.41) is 10.7. The van der Waals surface area contributed by atoms with Gasteiger partial charge in [-0.1, -0.05) is 25.6 Å². The quantitative estimate of drug-likeness (QED) is 0.444. The van der Waals surface area contributed by atoms with Crippen molar-refractivity contribution in [1.82, 2.24) is 0 Å². The lowest BCUT2D eigenvalue weighted by atomic mass is 10.1. The van der Waals surface area contributed by atoms with Gasteiger partial charge in [-0.25, -0.2) is 4.79 Å². The summed E-state index contributed by atoms with van der Waals surface area (Å²) in [6, 6.07) is 12.7. The number of hydrogen-bond acceptors (Lipinski definition) is 5. The zero-order valence-corrected chi connectivity index (χ0v) is 13.3. The minimum absolute atomic E-state index is 0.129. The molecule has 0 aliphatic heterocycles. The molecule has 5 heteroatoms. The van der Waals surface area contributed by atoms with Gasteiger partial charge < -0.3 is 19.4 Å². The topological polar surface area (TPSA) is 75.7 Å².